The highest BCUT2D eigenvalue weighted by atomic mass is 35.5. The number of nitrogens with one attached hydrogen (secondary N) is 2. The van der Waals surface area contributed by atoms with Crippen LogP contribution in [0.25, 0.3) is 0 Å². The second kappa shape index (κ2) is 9.14. The van der Waals surface area contributed by atoms with E-state index < -0.39 is 28.2 Å². The van der Waals surface area contributed by atoms with Gasteiger partial charge in [-0.1, -0.05) is 23.7 Å². The zero-order chi connectivity index (χ0) is 21.8. The summed E-state index contributed by atoms with van der Waals surface area (Å²) in [6.07, 6.45) is -1.37. The topological polar surface area (TPSA) is 128 Å². The van der Waals surface area contributed by atoms with E-state index in [0.717, 1.165) is 11.0 Å². The number of fused-ring (bicyclic) bond motifs is 1. The van der Waals surface area contributed by atoms with E-state index in [2.05, 4.69) is 10.6 Å². The van der Waals surface area contributed by atoms with Crippen LogP contribution >= 0.6 is 23.4 Å². The molecule has 2 N–H and O–H groups in total. The number of thioether (sulfide) groups is 1. The number of non-ortho nitro benzene ring substituents is 1. The number of nitrogens with zero attached hydrogens (tertiary/aromatic N) is 1. The fourth-order valence-electron chi connectivity index (χ4n) is 2.63. The van der Waals surface area contributed by atoms with Crippen LogP contribution in [0.2, 0.25) is 5.02 Å². The van der Waals surface area contributed by atoms with E-state index in [1.165, 1.54) is 30.8 Å². The lowest BCUT2D eigenvalue weighted by atomic mass is 10.2. The summed E-state index contributed by atoms with van der Waals surface area (Å²) in [7, 11) is 0. The Bertz CT molecular complexity index is 1030. The van der Waals surface area contributed by atoms with Crippen LogP contribution in [-0.4, -0.2) is 34.1 Å². The first-order valence-electron chi connectivity index (χ1n) is 8.75. The van der Waals surface area contributed by atoms with Crippen LogP contribution in [0.1, 0.15) is 13.3 Å². The Morgan fingerprint density at radius 3 is 2.77 bits per heavy atom. The molecule has 2 aromatic carbocycles. The van der Waals surface area contributed by atoms with E-state index >= 15 is 0 Å². The summed E-state index contributed by atoms with van der Waals surface area (Å²) in [5.74, 6) is -1.69. The van der Waals surface area contributed by atoms with Gasteiger partial charge in [0.05, 0.1) is 33.0 Å². The molecule has 0 saturated carbocycles. The Kier molecular flexibility index (Phi) is 6.58. The molecule has 11 heteroatoms. The van der Waals surface area contributed by atoms with Crippen molar-refractivity contribution in [1.82, 2.24) is 0 Å². The number of anilines is 2. The Hall–Kier alpha value is -3.11. The number of hydrogen-bond donors (Lipinski definition) is 2. The predicted octanol–water partition coefficient (Wildman–Crippen LogP) is 3.62. The summed E-state index contributed by atoms with van der Waals surface area (Å²) >= 11 is 7.19. The van der Waals surface area contributed by atoms with Gasteiger partial charge in [-0.15, -0.1) is 11.8 Å². The number of carbonyl (C=O) groups is 3. The highest BCUT2D eigenvalue weighted by Gasteiger charge is 2.30. The second-order valence-electron chi connectivity index (χ2n) is 6.34. The number of halogens is 1. The van der Waals surface area contributed by atoms with Crippen molar-refractivity contribution in [2.45, 2.75) is 29.6 Å². The minimum Gasteiger partial charge on any atom is -0.452 e. The molecule has 0 bridgehead atoms. The molecular weight excluding hydrogens is 434 g/mol. The van der Waals surface area contributed by atoms with Gasteiger partial charge in [0, 0.05) is 17.0 Å². The molecule has 1 heterocycles. The molecule has 156 valence electrons. The summed E-state index contributed by atoms with van der Waals surface area (Å²) in [6, 6.07) is 10.8. The maximum Gasteiger partial charge on any atom is 0.308 e. The van der Waals surface area contributed by atoms with Gasteiger partial charge < -0.3 is 15.4 Å². The van der Waals surface area contributed by atoms with Gasteiger partial charge in [0.2, 0.25) is 5.91 Å². The number of amides is 2. The van der Waals surface area contributed by atoms with Gasteiger partial charge in [0.15, 0.2) is 6.10 Å². The number of rotatable bonds is 6. The van der Waals surface area contributed by atoms with Crippen LogP contribution in [0.4, 0.5) is 17.1 Å². The lowest BCUT2D eigenvalue weighted by Gasteiger charge is -2.23. The second-order valence-corrected chi connectivity index (χ2v) is 7.99. The normalized spacial score (nSPS) is 16.1. The number of nitro benzene ring substituents is 1. The van der Waals surface area contributed by atoms with E-state index in [9.17, 15) is 24.5 Å². The Morgan fingerprint density at radius 2 is 2.07 bits per heavy atom. The number of nitro groups is 1. The van der Waals surface area contributed by atoms with Crippen molar-refractivity contribution >= 4 is 58.2 Å². The largest absolute Gasteiger partial charge is 0.452 e. The van der Waals surface area contributed by atoms with Crippen molar-refractivity contribution in [3.8, 4) is 0 Å². The lowest BCUT2D eigenvalue weighted by Crippen LogP contribution is -2.34. The molecule has 1 aliphatic heterocycles. The quantitative estimate of drug-likeness (QED) is 0.391. The van der Waals surface area contributed by atoms with E-state index in [1.54, 1.807) is 12.1 Å². The van der Waals surface area contributed by atoms with Crippen LogP contribution in [0.5, 0.6) is 0 Å². The average Bonchev–Trinajstić information content (AvgIpc) is 2.69. The molecule has 30 heavy (non-hydrogen) atoms. The smallest absolute Gasteiger partial charge is 0.308 e. The van der Waals surface area contributed by atoms with E-state index in [0.29, 0.717) is 5.69 Å². The molecule has 2 amide bonds. The molecule has 0 radical (unpaired) electrons. The highest BCUT2D eigenvalue weighted by Crippen LogP contribution is 2.36. The number of carbonyl (C=O) groups excluding carboxylic acids is 3. The van der Waals surface area contributed by atoms with E-state index in [4.69, 9.17) is 16.3 Å². The van der Waals surface area contributed by atoms with Crippen molar-refractivity contribution < 1.29 is 24.0 Å². The summed E-state index contributed by atoms with van der Waals surface area (Å²) < 4.78 is 5.13. The van der Waals surface area contributed by atoms with Gasteiger partial charge >= 0.3 is 5.97 Å². The van der Waals surface area contributed by atoms with Gasteiger partial charge in [-0.25, -0.2) is 0 Å². The molecule has 9 nitrogen and oxygen atoms in total. The van der Waals surface area contributed by atoms with E-state index in [1.807, 2.05) is 12.1 Å². The van der Waals surface area contributed by atoms with Crippen LogP contribution in [0, 0.1) is 10.1 Å². The van der Waals surface area contributed by atoms with E-state index in [-0.39, 0.29) is 28.7 Å². The third kappa shape index (κ3) is 5.08. The first-order valence-corrected chi connectivity index (χ1v) is 10.0. The van der Waals surface area contributed by atoms with Gasteiger partial charge in [0.1, 0.15) is 0 Å². The standard InChI is InChI=1S/C19H16ClN3O6S/c1-10(18(25)21-13-7-6-11(23(27)28)8-12(13)20)29-17(24)9-16-19(26)22-14-4-2-3-5-15(14)30-16/h2-8,10,16H,9H2,1H3,(H,21,25)(H,22,26). The Balaban J connectivity index is 1.56. The zero-order valence-electron chi connectivity index (χ0n) is 15.6. The molecule has 2 unspecified atom stereocenters. The summed E-state index contributed by atoms with van der Waals surface area (Å²) in [6.45, 7) is 1.37. The minimum absolute atomic E-state index is 0.0231. The van der Waals surface area contributed by atoms with Gasteiger partial charge in [-0.05, 0) is 25.1 Å². The molecule has 0 fully saturated rings. The SMILES string of the molecule is CC(OC(=O)CC1Sc2ccccc2NC1=O)C(=O)Nc1ccc([N+](=O)[O-])cc1Cl. The number of esters is 1. The molecule has 0 aromatic heterocycles. The van der Waals surface area contributed by atoms with Gasteiger partial charge in [-0.2, -0.15) is 0 Å². The summed E-state index contributed by atoms with van der Waals surface area (Å²) in [5.41, 5.74) is 0.612. The van der Waals surface area contributed by atoms with Crippen molar-refractivity contribution in [2.75, 3.05) is 10.6 Å². The van der Waals surface area contributed by atoms with Crippen molar-refractivity contribution in [3.05, 3.63) is 57.6 Å². The third-order valence-corrected chi connectivity index (χ3v) is 5.75. The summed E-state index contributed by atoms with van der Waals surface area (Å²) in [5, 5.41) is 15.2. The molecule has 3 rings (SSSR count). The predicted molar refractivity (Wildman–Crippen MR) is 112 cm³/mol. The van der Waals surface area contributed by atoms with Crippen LogP contribution in [0.15, 0.2) is 47.4 Å². The summed E-state index contributed by atoms with van der Waals surface area (Å²) in [4.78, 5) is 47.7. The maximum atomic E-state index is 12.3. The Morgan fingerprint density at radius 1 is 1.33 bits per heavy atom. The first kappa shape index (κ1) is 21.6. The third-order valence-electron chi connectivity index (χ3n) is 4.16. The van der Waals surface area contributed by atoms with Crippen molar-refractivity contribution in [1.29, 1.82) is 0 Å². The Labute approximate surface area is 180 Å². The lowest BCUT2D eigenvalue weighted by molar-refractivity contribution is -0.384. The van der Waals surface area contributed by atoms with Gasteiger partial charge in [-0.3, -0.25) is 24.5 Å². The molecule has 2 atom stereocenters. The van der Waals surface area contributed by atoms with Crippen LogP contribution < -0.4 is 10.6 Å². The van der Waals surface area contributed by atoms with Gasteiger partial charge in [0.25, 0.3) is 11.6 Å². The van der Waals surface area contributed by atoms with Crippen LogP contribution in [-0.2, 0) is 19.1 Å². The zero-order valence-corrected chi connectivity index (χ0v) is 17.2. The number of ether oxygens (including phenoxy) is 1. The molecule has 0 spiro atoms. The molecule has 1 aliphatic rings. The molecule has 0 aliphatic carbocycles. The van der Waals surface area contributed by atoms with Crippen LogP contribution in [0.3, 0.4) is 0 Å². The number of para-hydroxylation sites is 1. The number of benzene rings is 2. The minimum atomic E-state index is -1.16. The molecular formula is C19H16ClN3O6S. The number of hydrogen-bond acceptors (Lipinski definition) is 7. The monoisotopic (exact) mass is 449 g/mol. The first-order chi connectivity index (χ1) is 14.2. The fourth-order valence-corrected chi connectivity index (χ4v) is 3.95. The molecule has 0 saturated heterocycles. The maximum absolute atomic E-state index is 12.3. The molecule has 2 aromatic rings. The van der Waals surface area contributed by atoms with Crippen molar-refractivity contribution in [3.63, 3.8) is 0 Å². The highest BCUT2D eigenvalue weighted by molar-refractivity contribution is 8.01. The van der Waals surface area contributed by atoms with Crippen molar-refractivity contribution in [2.24, 2.45) is 0 Å². The fraction of sp³-hybridized carbons (Fsp3) is 0.211. The average molecular weight is 450 g/mol.